The van der Waals surface area contributed by atoms with Crippen LogP contribution in [-0.4, -0.2) is 51.8 Å². The third-order valence-corrected chi connectivity index (χ3v) is 5.02. The predicted molar refractivity (Wildman–Crippen MR) is 105 cm³/mol. The molecule has 0 aliphatic carbocycles. The molecule has 1 fully saturated rings. The number of amides is 1. The molecule has 0 N–H and O–H groups in total. The second-order valence-corrected chi connectivity index (χ2v) is 6.94. The van der Waals surface area contributed by atoms with Gasteiger partial charge in [-0.2, -0.15) is 0 Å². The summed E-state index contributed by atoms with van der Waals surface area (Å²) in [5, 5.41) is 8.67. The Bertz CT molecular complexity index is 926. The number of anilines is 1. The van der Waals surface area contributed by atoms with Crippen molar-refractivity contribution in [2.45, 2.75) is 13.8 Å². The highest BCUT2D eigenvalue weighted by molar-refractivity contribution is 5.96. The van der Waals surface area contributed by atoms with E-state index >= 15 is 0 Å². The maximum absolute atomic E-state index is 12.9. The Morgan fingerprint density at radius 3 is 2.22 bits per heavy atom. The van der Waals surface area contributed by atoms with Crippen LogP contribution in [-0.2, 0) is 0 Å². The summed E-state index contributed by atoms with van der Waals surface area (Å²) in [6, 6.07) is 13.9. The van der Waals surface area contributed by atoms with Crippen LogP contribution >= 0.6 is 0 Å². The van der Waals surface area contributed by atoms with Gasteiger partial charge in [0.25, 0.3) is 5.91 Å². The second kappa shape index (κ2) is 7.23. The fraction of sp³-hybridized carbons (Fsp3) is 0.286. The summed E-state index contributed by atoms with van der Waals surface area (Å²) in [6.07, 6.45) is 3.89. The van der Waals surface area contributed by atoms with E-state index in [0.717, 1.165) is 41.4 Å². The van der Waals surface area contributed by atoms with Crippen LogP contribution in [0.2, 0.25) is 0 Å². The van der Waals surface area contributed by atoms with E-state index in [1.807, 2.05) is 78.2 Å². The van der Waals surface area contributed by atoms with Crippen molar-refractivity contribution in [2.24, 2.45) is 0 Å². The first-order valence-corrected chi connectivity index (χ1v) is 9.20. The molecule has 4 rings (SSSR count). The highest BCUT2D eigenvalue weighted by Gasteiger charge is 2.24. The number of hydrogen-bond acceptors (Lipinski definition) is 4. The molecule has 1 amide bonds. The fourth-order valence-electron chi connectivity index (χ4n) is 3.39. The molecule has 1 saturated heterocycles. The SMILES string of the molecule is Cc1ccc(C)c(C(=O)N2CCN(c3ccc(-n4cccc4)nn3)CC2)c1. The molecule has 0 spiro atoms. The average Bonchev–Trinajstić information content (AvgIpc) is 3.24. The molecule has 27 heavy (non-hydrogen) atoms. The first-order valence-electron chi connectivity index (χ1n) is 9.20. The molecule has 3 aromatic rings. The summed E-state index contributed by atoms with van der Waals surface area (Å²) in [5.74, 6) is 1.77. The first kappa shape index (κ1) is 17.3. The highest BCUT2D eigenvalue weighted by atomic mass is 16.2. The van der Waals surface area contributed by atoms with Crippen LogP contribution in [0.5, 0.6) is 0 Å². The van der Waals surface area contributed by atoms with Crippen molar-refractivity contribution >= 4 is 11.7 Å². The molecular weight excluding hydrogens is 338 g/mol. The molecule has 1 aliphatic heterocycles. The van der Waals surface area contributed by atoms with E-state index in [0.29, 0.717) is 13.1 Å². The number of aryl methyl sites for hydroxylation is 2. The van der Waals surface area contributed by atoms with Crippen LogP contribution in [0.25, 0.3) is 5.82 Å². The molecule has 0 radical (unpaired) electrons. The van der Waals surface area contributed by atoms with E-state index in [1.165, 1.54) is 0 Å². The van der Waals surface area contributed by atoms with Crippen LogP contribution in [0, 0.1) is 13.8 Å². The molecule has 3 heterocycles. The van der Waals surface area contributed by atoms with Crippen molar-refractivity contribution < 1.29 is 4.79 Å². The van der Waals surface area contributed by atoms with Gasteiger partial charge in [0.15, 0.2) is 11.6 Å². The first-order chi connectivity index (χ1) is 13.1. The van der Waals surface area contributed by atoms with Crippen molar-refractivity contribution in [2.75, 3.05) is 31.1 Å². The Morgan fingerprint density at radius 1 is 0.889 bits per heavy atom. The number of carbonyl (C=O) groups excluding carboxylic acids is 1. The molecule has 1 aromatic carbocycles. The molecule has 0 saturated carbocycles. The molecule has 6 nitrogen and oxygen atoms in total. The third kappa shape index (κ3) is 3.56. The van der Waals surface area contributed by atoms with Gasteiger partial charge in [0.05, 0.1) is 0 Å². The van der Waals surface area contributed by atoms with Crippen LogP contribution in [0.15, 0.2) is 54.9 Å². The Labute approximate surface area is 159 Å². The molecule has 138 valence electrons. The van der Waals surface area contributed by atoms with Crippen LogP contribution in [0.3, 0.4) is 0 Å². The summed E-state index contributed by atoms with van der Waals surface area (Å²) in [5.41, 5.74) is 2.94. The summed E-state index contributed by atoms with van der Waals surface area (Å²) >= 11 is 0. The van der Waals surface area contributed by atoms with Crippen LogP contribution in [0.1, 0.15) is 21.5 Å². The number of aromatic nitrogens is 3. The number of rotatable bonds is 3. The Balaban J connectivity index is 1.41. The lowest BCUT2D eigenvalue weighted by Crippen LogP contribution is -2.49. The maximum atomic E-state index is 12.9. The highest BCUT2D eigenvalue weighted by Crippen LogP contribution is 2.18. The van der Waals surface area contributed by atoms with Crippen LogP contribution in [0.4, 0.5) is 5.82 Å². The predicted octanol–water partition coefficient (Wildman–Crippen LogP) is 2.85. The van der Waals surface area contributed by atoms with Crippen molar-refractivity contribution in [3.63, 3.8) is 0 Å². The topological polar surface area (TPSA) is 54.3 Å². The molecule has 6 heteroatoms. The van der Waals surface area contributed by atoms with Gasteiger partial charge in [-0.05, 0) is 49.7 Å². The Kier molecular flexibility index (Phi) is 4.62. The summed E-state index contributed by atoms with van der Waals surface area (Å²) in [4.78, 5) is 17.0. The van der Waals surface area contributed by atoms with Gasteiger partial charge in [-0.25, -0.2) is 0 Å². The minimum absolute atomic E-state index is 0.116. The van der Waals surface area contributed by atoms with E-state index in [9.17, 15) is 4.79 Å². The van der Waals surface area contributed by atoms with E-state index in [1.54, 1.807) is 0 Å². The zero-order valence-electron chi connectivity index (χ0n) is 15.7. The minimum Gasteiger partial charge on any atom is -0.352 e. The summed E-state index contributed by atoms with van der Waals surface area (Å²) < 4.78 is 1.93. The minimum atomic E-state index is 0.116. The zero-order valence-corrected chi connectivity index (χ0v) is 15.7. The van der Waals surface area contributed by atoms with Gasteiger partial charge in [-0.15, -0.1) is 10.2 Å². The number of hydrogen-bond donors (Lipinski definition) is 0. The van der Waals surface area contributed by atoms with Crippen LogP contribution < -0.4 is 4.90 Å². The van der Waals surface area contributed by atoms with Crippen molar-refractivity contribution in [3.05, 3.63) is 71.5 Å². The van der Waals surface area contributed by atoms with Crippen molar-refractivity contribution in [1.82, 2.24) is 19.7 Å². The maximum Gasteiger partial charge on any atom is 0.254 e. The quantitative estimate of drug-likeness (QED) is 0.720. The average molecular weight is 361 g/mol. The van der Waals surface area contributed by atoms with E-state index < -0.39 is 0 Å². The molecule has 0 unspecified atom stereocenters. The van der Waals surface area contributed by atoms with Gasteiger partial charge in [-0.3, -0.25) is 4.79 Å². The summed E-state index contributed by atoms with van der Waals surface area (Å²) in [7, 11) is 0. The number of carbonyl (C=O) groups is 1. The zero-order chi connectivity index (χ0) is 18.8. The molecule has 1 aliphatic rings. The Hall–Kier alpha value is -3.15. The molecular formula is C21H23N5O. The summed E-state index contributed by atoms with van der Waals surface area (Å²) in [6.45, 7) is 6.90. The van der Waals surface area contributed by atoms with Gasteiger partial charge in [0, 0.05) is 44.1 Å². The lowest BCUT2D eigenvalue weighted by Gasteiger charge is -2.35. The largest absolute Gasteiger partial charge is 0.352 e. The van der Waals surface area contributed by atoms with Gasteiger partial charge in [0.2, 0.25) is 0 Å². The van der Waals surface area contributed by atoms with E-state index in [4.69, 9.17) is 0 Å². The van der Waals surface area contributed by atoms with E-state index in [-0.39, 0.29) is 5.91 Å². The van der Waals surface area contributed by atoms with Gasteiger partial charge in [0.1, 0.15) is 0 Å². The number of piperazine rings is 1. The second-order valence-electron chi connectivity index (χ2n) is 6.94. The van der Waals surface area contributed by atoms with Gasteiger partial charge < -0.3 is 14.4 Å². The van der Waals surface area contributed by atoms with Gasteiger partial charge >= 0.3 is 0 Å². The smallest absolute Gasteiger partial charge is 0.254 e. The number of benzene rings is 1. The third-order valence-electron chi connectivity index (χ3n) is 5.02. The lowest BCUT2D eigenvalue weighted by atomic mass is 10.0. The van der Waals surface area contributed by atoms with Crippen molar-refractivity contribution in [1.29, 1.82) is 0 Å². The van der Waals surface area contributed by atoms with Crippen molar-refractivity contribution in [3.8, 4) is 5.82 Å². The lowest BCUT2D eigenvalue weighted by molar-refractivity contribution is 0.0745. The fourth-order valence-corrected chi connectivity index (χ4v) is 3.39. The molecule has 0 atom stereocenters. The van der Waals surface area contributed by atoms with Gasteiger partial charge in [-0.1, -0.05) is 17.7 Å². The van der Waals surface area contributed by atoms with E-state index in [2.05, 4.69) is 15.1 Å². The normalized spacial score (nSPS) is 14.4. The Morgan fingerprint density at radius 2 is 1.56 bits per heavy atom. The monoisotopic (exact) mass is 361 g/mol. The number of nitrogens with zero attached hydrogens (tertiary/aromatic N) is 5. The molecule has 2 aromatic heterocycles. The molecule has 0 bridgehead atoms. The standard InChI is InChI=1S/C21H23N5O/c1-16-5-6-17(2)18(15-16)21(27)26-13-11-25(12-14-26)20-8-7-19(22-23-20)24-9-3-4-10-24/h3-10,15H,11-14H2,1-2H3.